The van der Waals surface area contributed by atoms with Crippen LogP contribution in [-0.2, 0) is 14.3 Å². The molecule has 0 aromatic heterocycles. The van der Waals surface area contributed by atoms with Crippen LogP contribution in [0.2, 0.25) is 0 Å². The molecular weight excluding hydrogens is 256 g/mol. The third kappa shape index (κ3) is 4.43. The lowest BCUT2D eigenvalue weighted by atomic mass is 9.95. The highest BCUT2D eigenvalue weighted by Crippen LogP contribution is 2.22. The molecule has 1 rings (SSSR count). The van der Waals surface area contributed by atoms with Crippen LogP contribution in [0.1, 0.15) is 41.0 Å². The molecule has 0 aliphatic carbocycles. The van der Waals surface area contributed by atoms with E-state index in [1.165, 1.54) is 0 Å². The number of nitrogens with zero attached hydrogens (tertiary/aromatic N) is 1. The van der Waals surface area contributed by atoms with Gasteiger partial charge in [-0.25, -0.2) is 0 Å². The second-order valence-electron chi connectivity index (χ2n) is 6.27. The summed E-state index contributed by atoms with van der Waals surface area (Å²) < 4.78 is 10.8. The monoisotopic (exact) mass is 286 g/mol. The summed E-state index contributed by atoms with van der Waals surface area (Å²) in [6.45, 7) is 14.3. The van der Waals surface area contributed by atoms with Crippen LogP contribution in [0.4, 0.5) is 0 Å². The van der Waals surface area contributed by atoms with Crippen LogP contribution < -0.4 is 5.32 Å². The van der Waals surface area contributed by atoms with Gasteiger partial charge in [-0.3, -0.25) is 9.69 Å². The number of carbonyl (C=O) groups excluding carboxylic acids is 1. The van der Waals surface area contributed by atoms with Gasteiger partial charge in [-0.05, 0) is 40.7 Å². The Kier molecular flexibility index (Phi) is 6.43. The molecule has 1 aliphatic rings. The van der Waals surface area contributed by atoms with Crippen molar-refractivity contribution in [1.29, 1.82) is 0 Å². The molecule has 0 spiro atoms. The maximum atomic E-state index is 12.3. The van der Waals surface area contributed by atoms with Crippen LogP contribution >= 0.6 is 0 Å². The van der Waals surface area contributed by atoms with Crippen molar-refractivity contribution in [2.24, 2.45) is 0 Å². The predicted molar refractivity (Wildman–Crippen MR) is 79.8 cm³/mol. The molecular formula is C15H30N2O3. The van der Waals surface area contributed by atoms with Crippen LogP contribution in [0.3, 0.4) is 0 Å². The van der Waals surface area contributed by atoms with E-state index in [0.29, 0.717) is 19.8 Å². The van der Waals surface area contributed by atoms with Crippen molar-refractivity contribution >= 4 is 5.97 Å². The summed E-state index contributed by atoms with van der Waals surface area (Å²) in [6.07, 6.45) is 0.988. The molecule has 0 amide bonds. The Morgan fingerprint density at radius 1 is 1.45 bits per heavy atom. The SMILES string of the molecule is CCCNC(C)(CN1CCOCC1(C)C)C(=O)OCC. The Hall–Kier alpha value is -0.650. The molecule has 1 N–H and O–H groups in total. The summed E-state index contributed by atoms with van der Waals surface area (Å²) in [5, 5.41) is 3.36. The lowest BCUT2D eigenvalue weighted by molar-refractivity contribution is -0.153. The van der Waals surface area contributed by atoms with Crippen molar-refractivity contribution < 1.29 is 14.3 Å². The Morgan fingerprint density at radius 2 is 2.15 bits per heavy atom. The summed E-state index contributed by atoms with van der Waals surface area (Å²) in [6, 6.07) is 0. The number of ether oxygens (including phenoxy) is 2. The van der Waals surface area contributed by atoms with E-state index in [9.17, 15) is 4.79 Å². The first-order chi connectivity index (χ1) is 9.35. The number of rotatable bonds is 7. The van der Waals surface area contributed by atoms with E-state index in [1.54, 1.807) is 0 Å². The average Bonchev–Trinajstić information content (AvgIpc) is 2.39. The van der Waals surface area contributed by atoms with E-state index in [-0.39, 0.29) is 11.5 Å². The second-order valence-corrected chi connectivity index (χ2v) is 6.27. The third-order valence-electron chi connectivity index (χ3n) is 3.82. The summed E-state index contributed by atoms with van der Waals surface area (Å²) in [7, 11) is 0. The van der Waals surface area contributed by atoms with Crippen molar-refractivity contribution in [1.82, 2.24) is 10.2 Å². The fourth-order valence-electron chi connectivity index (χ4n) is 2.45. The molecule has 1 unspecified atom stereocenters. The highest BCUT2D eigenvalue weighted by Gasteiger charge is 2.41. The lowest BCUT2D eigenvalue weighted by Crippen LogP contribution is -2.63. The van der Waals surface area contributed by atoms with Gasteiger partial charge in [0.25, 0.3) is 0 Å². The highest BCUT2D eigenvalue weighted by molar-refractivity contribution is 5.80. The van der Waals surface area contributed by atoms with E-state index < -0.39 is 5.54 Å². The Morgan fingerprint density at radius 3 is 2.70 bits per heavy atom. The minimum Gasteiger partial charge on any atom is -0.465 e. The number of hydrogen-bond acceptors (Lipinski definition) is 5. The van der Waals surface area contributed by atoms with Gasteiger partial charge in [0.15, 0.2) is 0 Å². The Labute approximate surface area is 123 Å². The number of esters is 1. The van der Waals surface area contributed by atoms with Crippen LogP contribution in [0.15, 0.2) is 0 Å². The zero-order chi connectivity index (χ0) is 15.2. The fourth-order valence-corrected chi connectivity index (χ4v) is 2.45. The van der Waals surface area contributed by atoms with Gasteiger partial charge in [0.2, 0.25) is 0 Å². The van der Waals surface area contributed by atoms with Crippen LogP contribution in [0, 0.1) is 0 Å². The number of nitrogens with one attached hydrogen (secondary N) is 1. The van der Waals surface area contributed by atoms with Gasteiger partial charge in [0.05, 0.1) is 19.8 Å². The van der Waals surface area contributed by atoms with Crippen LogP contribution in [0.25, 0.3) is 0 Å². The van der Waals surface area contributed by atoms with Gasteiger partial charge in [0.1, 0.15) is 5.54 Å². The average molecular weight is 286 g/mol. The number of carbonyl (C=O) groups is 1. The molecule has 0 radical (unpaired) electrons. The topological polar surface area (TPSA) is 50.8 Å². The molecule has 118 valence electrons. The fraction of sp³-hybridized carbons (Fsp3) is 0.933. The molecule has 5 heteroatoms. The predicted octanol–water partition coefficient (Wildman–Crippen LogP) is 1.42. The summed E-state index contributed by atoms with van der Waals surface area (Å²) in [5.41, 5.74) is -0.722. The standard InChI is InChI=1S/C15H30N2O3/c1-6-8-16-15(5,13(18)20-7-2)11-17-9-10-19-12-14(17,3)4/h16H,6-12H2,1-5H3. The van der Waals surface area contributed by atoms with Gasteiger partial charge >= 0.3 is 5.97 Å². The normalized spacial score (nSPS) is 22.2. The third-order valence-corrected chi connectivity index (χ3v) is 3.82. The molecule has 0 bridgehead atoms. The number of hydrogen-bond donors (Lipinski definition) is 1. The molecule has 5 nitrogen and oxygen atoms in total. The van der Waals surface area contributed by atoms with E-state index in [4.69, 9.17) is 9.47 Å². The summed E-state index contributed by atoms with van der Waals surface area (Å²) >= 11 is 0. The maximum absolute atomic E-state index is 12.3. The minimum absolute atomic E-state index is 0.0557. The van der Waals surface area contributed by atoms with Crippen molar-refractivity contribution in [2.75, 3.05) is 39.5 Å². The molecule has 20 heavy (non-hydrogen) atoms. The molecule has 1 atom stereocenters. The van der Waals surface area contributed by atoms with E-state index in [0.717, 1.165) is 26.1 Å². The van der Waals surface area contributed by atoms with Crippen molar-refractivity contribution in [3.63, 3.8) is 0 Å². The molecule has 0 aromatic carbocycles. The molecule has 0 saturated carbocycles. The summed E-state index contributed by atoms with van der Waals surface area (Å²) in [5.74, 6) is -0.171. The van der Waals surface area contributed by atoms with Crippen LogP contribution in [-0.4, -0.2) is 61.4 Å². The second kappa shape index (κ2) is 7.38. The van der Waals surface area contributed by atoms with Crippen LogP contribution in [0.5, 0.6) is 0 Å². The van der Waals surface area contributed by atoms with Gasteiger partial charge in [-0.2, -0.15) is 0 Å². The largest absolute Gasteiger partial charge is 0.465 e. The number of morpholine rings is 1. The molecule has 1 fully saturated rings. The maximum Gasteiger partial charge on any atom is 0.327 e. The lowest BCUT2D eigenvalue weighted by Gasteiger charge is -2.45. The van der Waals surface area contributed by atoms with Gasteiger partial charge in [0, 0.05) is 18.6 Å². The zero-order valence-electron chi connectivity index (χ0n) is 13.6. The first kappa shape index (κ1) is 17.4. The molecule has 1 heterocycles. The van der Waals surface area contributed by atoms with E-state index in [2.05, 4.69) is 31.0 Å². The Balaban J connectivity index is 2.79. The minimum atomic E-state index is -0.666. The van der Waals surface area contributed by atoms with Gasteiger partial charge in [-0.15, -0.1) is 0 Å². The van der Waals surface area contributed by atoms with E-state index >= 15 is 0 Å². The summed E-state index contributed by atoms with van der Waals surface area (Å²) in [4.78, 5) is 14.6. The van der Waals surface area contributed by atoms with Crippen molar-refractivity contribution in [3.05, 3.63) is 0 Å². The van der Waals surface area contributed by atoms with Gasteiger partial charge in [-0.1, -0.05) is 6.92 Å². The zero-order valence-corrected chi connectivity index (χ0v) is 13.6. The van der Waals surface area contributed by atoms with Crippen molar-refractivity contribution in [3.8, 4) is 0 Å². The molecule has 1 aliphatic heterocycles. The van der Waals surface area contributed by atoms with Gasteiger partial charge < -0.3 is 14.8 Å². The molecule has 0 aromatic rings. The first-order valence-corrected chi connectivity index (χ1v) is 7.61. The Bertz CT molecular complexity index is 320. The smallest absolute Gasteiger partial charge is 0.327 e. The first-order valence-electron chi connectivity index (χ1n) is 7.61. The quantitative estimate of drug-likeness (QED) is 0.717. The van der Waals surface area contributed by atoms with Crippen molar-refractivity contribution in [2.45, 2.75) is 52.1 Å². The highest BCUT2D eigenvalue weighted by atomic mass is 16.5. The van der Waals surface area contributed by atoms with E-state index in [1.807, 2.05) is 13.8 Å². The molecule has 1 saturated heterocycles.